The Labute approximate surface area is 87.3 Å². The first-order chi connectivity index (χ1) is 7.09. The molecule has 0 aromatic heterocycles. The molecule has 0 saturated heterocycles. The van der Waals surface area contributed by atoms with Crippen molar-refractivity contribution in [3.05, 3.63) is 35.9 Å². The molecular formula is C11H11NO3. The van der Waals surface area contributed by atoms with Gasteiger partial charge in [-0.2, -0.15) is 0 Å². The Bertz CT molecular complexity index is 396. The van der Waals surface area contributed by atoms with Gasteiger partial charge in [0, 0.05) is 13.3 Å². The van der Waals surface area contributed by atoms with E-state index in [1.807, 2.05) is 18.2 Å². The van der Waals surface area contributed by atoms with Crippen LogP contribution in [0.2, 0.25) is 0 Å². The maximum atomic E-state index is 10.8. The van der Waals surface area contributed by atoms with E-state index >= 15 is 0 Å². The van der Waals surface area contributed by atoms with E-state index in [0.717, 1.165) is 5.56 Å². The van der Waals surface area contributed by atoms with E-state index in [9.17, 15) is 9.59 Å². The van der Waals surface area contributed by atoms with Crippen LogP contribution in [0.25, 0.3) is 0 Å². The zero-order chi connectivity index (χ0) is 11.3. The molecule has 4 nitrogen and oxygen atoms in total. The first kappa shape index (κ1) is 11.1. The number of carboxylic acid groups (broad SMARTS) is 1. The fourth-order valence-corrected chi connectivity index (χ4v) is 1.14. The molecule has 0 aliphatic heterocycles. The van der Waals surface area contributed by atoms with Crippen LogP contribution in [0.1, 0.15) is 12.5 Å². The number of carboxylic acids is 1. The summed E-state index contributed by atoms with van der Waals surface area (Å²) in [5, 5.41) is 8.80. The predicted molar refractivity (Wildman–Crippen MR) is 55.9 cm³/mol. The Morgan fingerprint density at radius 3 is 2.33 bits per heavy atom. The second-order valence-corrected chi connectivity index (χ2v) is 3.05. The highest BCUT2D eigenvalue weighted by molar-refractivity contribution is 6.37. The first-order valence-electron chi connectivity index (χ1n) is 4.45. The number of amides is 1. The molecule has 0 saturated carbocycles. The third-order valence-corrected chi connectivity index (χ3v) is 1.75. The van der Waals surface area contributed by atoms with Crippen molar-refractivity contribution in [2.75, 3.05) is 0 Å². The van der Waals surface area contributed by atoms with Gasteiger partial charge >= 0.3 is 5.97 Å². The minimum absolute atomic E-state index is 0.131. The summed E-state index contributed by atoms with van der Waals surface area (Å²) in [6.07, 6.45) is 0.162. The van der Waals surface area contributed by atoms with Crippen molar-refractivity contribution in [2.45, 2.75) is 13.3 Å². The third-order valence-electron chi connectivity index (χ3n) is 1.75. The van der Waals surface area contributed by atoms with E-state index in [2.05, 4.69) is 4.99 Å². The molecule has 0 heterocycles. The van der Waals surface area contributed by atoms with E-state index in [1.165, 1.54) is 6.92 Å². The van der Waals surface area contributed by atoms with Gasteiger partial charge in [-0.25, -0.2) is 9.79 Å². The molecule has 0 bridgehead atoms. The maximum absolute atomic E-state index is 10.8. The SMILES string of the molecule is CC(=O)N=C(Cc1ccccc1)C(=O)O. The van der Waals surface area contributed by atoms with Crippen LogP contribution in [0.3, 0.4) is 0 Å². The molecule has 4 heteroatoms. The van der Waals surface area contributed by atoms with Crippen LogP contribution >= 0.6 is 0 Å². The highest BCUT2D eigenvalue weighted by Gasteiger charge is 2.10. The van der Waals surface area contributed by atoms with Gasteiger partial charge in [0.05, 0.1) is 0 Å². The average molecular weight is 205 g/mol. The van der Waals surface area contributed by atoms with Crippen molar-refractivity contribution >= 4 is 17.6 Å². The summed E-state index contributed by atoms with van der Waals surface area (Å²) in [6.45, 7) is 1.23. The minimum atomic E-state index is -1.16. The standard InChI is InChI=1S/C11H11NO3/c1-8(13)12-10(11(14)15)7-9-5-3-2-4-6-9/h2-6H,7H2,1H3,(H,14,15). The van der Waals surface area contributed by atoms with Crippen LogP contribution in [0, 0.1) is 0 Å². The topological polar surface area (TPSA) is 66.7 Å². The largest absolute Gasteiger partial charge is 0.477 e. The van der Waals surface area contributed by atoms with Crippen LogP contribution < -0.4 is 0 Å². The Kier molecular flexibility index (Phi) is 3.74. The van der Waals surface area contributed by atoms with E-state index in [1.54, 1.807) is 12.1 Å². The average Bonchev–Trinajstić information content (AvgIpc) is 2.17. The molecule has 0 aliphatic carbocycles. The lowest BCUT2D eigenvalue weighted by molar-refractivity contribution is -0.129. The molecule has 0 fully saturated rings. The number of aliphatic carboxylic acids is 1. The van der Waals surface area contributed by atoms with E-state index in [0.29, 0.717) is 0 Å². The highest BCUT2D eigenvalue weighted by atomic mass is 16.4. The lowest BCUT2D eigenvalue weighted by atomic mass is 10.1. The lowest BCUT2D eigenvalue weighted by Crippen LogP contribution is -2.17. The number of hydrogen-bond donors (Lipinski definition) is 1. The molecule has 15 heavy (non-hydrogen) atoms. The van der Waals surface area contributed by atoms with Gasteiger partial charge in [-0.3, -0.25) is 4.79 Å². The van der Waals surface area contributed by atoms with E-state index in [4.69, 9.17) is 5.11 Å². The fraction of sp³-hybridized carbons (Fsp3) is 0.182. The molecule has 0 atom stereocenters. The maximum Gasteiger partial charge on any atom is 0.350 e. The van der Waals surface area contributed by atoms with Gasteiger partial charge in [0.25, 0.3) is 0 Å². The van der Waals surface area contributed by atoms with Crippen molar-refractivity contribution < 1.29 is 14.7 Å². The van der Waals surface area contributed by atoms with Gasteiger partial charge in [-0.05, 0) is 5.56 Å². The molecule has 0 aliphatic rings. The molecule has 1 amide bonds. The number of rotatable bonds is 3. The van der Waals surface area contributed by atoms with Crippen molar-refractivity contribution in [3.63, 3.8) is 0 Å². The predicted octanol–water partition coefficient (Wildman–Crippen LogP) is 1.30. The molecule has 0 radical (unpaired) electrons. The number of carbonyl (C=O) groups is 2. The second-order valence-electron chi connectivity index (χ2n) is 3.05. The van der Waals surface area contributed by atoms with Gasteiger partial charge in [0.2, 0.25) is 5.91 Å². The zero-order valence-electron chi connectivity index (χ0n) is 8.30. The molecule has 1 N–H and O–H groups in total. The van der Waals surface area contributed by atoms with Gasteiger partial charge in [-0.15, -0.1) is 0 Å². The second kappa shape index (κ2) is 5.05. The highest BCUT2D eigenvalue weighted by Crippen LogP contribution is 2.01. The molecule has 1 aromatic rings. The quantitative estimate of drug-likeness (QED) is 0.756. The summed E-state index contributed by atoms with van der Waals surface area (Å²) in [7, 11) is 0. The van der Waals surface area contributed by atoms with Gasteiger partial charge < -0.3 is 5.11 Å². The molecule has 1 rings (SSSR count). The number of aliphatic imine (C=N–C) groups is 1. The number of benzene rings is 1. The molecule has 0 unspecified atom stereocenters. The molecule has 78 valence electrons. The van der Waals surface area contributed by atoms with Crippen molar-refractivity contribution in [3.8, 4) is 0 Å². The van der Waals surface area contributed by atoms with Gasteiger partial charge in [0.15, 0.2) is 0 Å². The fourth-order valence-electron chi connectivity index (χ4n) is 1.14. The summed E-state index contributed by atoms with van der Waals surface area (Å²) in [6, 6.07) is 9.04. The number of hydrogen-bond acceptors (Lipinski definition) is 2. The van der Waals surface area contributed by atoms with Gasteiger partial charge in [-0.1, -0.05) is 30.3 Å². The minimum Gasteiger partial charge on any atom is -0.477 e. The lowest BCUT2D eigenvalue weighted by Gasteiger charge is -2.00. The third kappa shape index (κ3) is 3.72. The van der Waals surface area contributed by atoms with Crippen LogP contribution in [0.4, 0.5) is 0 Å². The normalized spacial score (nSPS) is 11.1. The Morgan fingerprint density at radius 1 is 1.27 bits per heavy atom. The molecular weight excluding hydrogens is 194 g/mol. The first-order valence-corrected chi connectivity index (χ1v) is 4.45. The Balaban J connectivity index is 2.86. The summed E-state index contributed by atoms with van der Waals surface area (Å²) >= 11 is 0. The summed E-state index contributed by atoms with van der Waals surface area (Å²) < 4.78 is 0. The van der Waals surface area contributed by atoms with Crippen molar-refractivity contribution in [1.82, 2.24) is 0 Å². The molecule has 0 spiro atoms. The Hall–Kier alpha value is -1.97. The summed E-state index contributed by atoms with van der Waals surface area (Å²) in [4.78, 5) is 24.9. The van der Waals surface area contributed by atoms with Gasteiger partial charge in [0.1, 0.15) is 5.71 Å². The van der Waals surface area contributed by atoms with E-state index in [-0.39, 0.29) is 12.1 Å². The smallest absolute Gasteiger partial charge is 0.350 e. The number of nitrogens with zero attached hydrogens (tertiary/aromatic N) is 1. The zero-order valence-corrected chi connectivity index (χ0v) is 8.30. The molecule has 1 aromatic carbocycles. The van der Waals surface area contributed by atoms with E-state index < -0.39 is 11.9 Å². The van der Waals surface area contributed by atoms with Crippen LogP contribution in [0.5, 0.6) is 0 Å². The Morgan fingerprint density at radius 2 is 1.87 bits per heavy atom. The summed E-state index contributed by atoms with van der Waals surface area (Å²) in [5.74, 6) is -1.66. The monoisotopic (exact) mass is 205 g/mol. The number of carbonyl (C=O) groups excluding carboxylic acids is 1. The van der Waals surface area contributed by atoms with Crippen molar-refractivity contribution in [1.29, 1.82) is 0 Å². The van der Waals surface area contributed by atoms with Crippen LogP contribution in [-0.2, 0) is 16.0 Å². The van der Waals surface area contributed by atoms with Crippen molar-refractivity contribution in [2.24, 2.45) is 4.99 Å². The summed E-state index contributed by atoms with van der Waals surface area (Å²) in [5.41, 5.74) is 0.689. The van der Waals surface area contributed by atoms with Crippen LogP contribution in [-0.4, -0.2) is 22.7 Å². The van der Waals surface area contributed by atoms with Crippen LogP contribution in [0.15, 0.2) is 35.3 Å².